The molecule has 0 aliphatic carbocycles. The number of hydrogen-bond donors (Lipinski definition) is 3. The van der Waals surface area contributed by atoms with Crippen LogP contribution in [0.5, 0.6) is 0 Å². The Morgan fingerprint density at radius 3 is 2.19 bits per heavy atom. The molecule has 1 aromatic heterocycles. The van der Waals surface area contributed by atoms with E-state index in [9.17, 15) is 14.9 Å². The summed E-state index contributed by atoms with van der Waals surface area (Å²) in [4.78, 5) is 31.1. The van der Waals surface area contributed by atoms with E-state index in [2.05, 4.69) is 9.97 Å². The first-order valence-corrected chi connectivity index (χ1v) is 10.5. The van der Waals surface area contributed by atoms with Gasteiger partial charge < -0.3 is 21.9 Å². The fourth-order valence-corrected chi connectivity index (χ4v) is 4.07. The average molecular weight is 455 g/mol. The molecule has 10 nitrogen and oxygen atoms in total. The highest BCUT2D eigenvalue weighted by molar-refractivity contribution is 7.98. The van der Waals surface area contributed by atoms with E-state index in [1.54, 1.807) is 36.0 Å². The number of aromatic nitrogens is 2. The number of thioether (sulfide) groups is 1. The molecule has 11 heteroatoms. The number of rotatable bonds is 8. The van der Waals surface area contributed by atoms with E-state index in [1.807, 2.05) is 24.3 Å². The molecule has 1 atom stereocenters. The van der Waals surface area contributed by atoms with Crippen molar-refractivity contribution in [2.24, 2.45) is 0 Å². The number of carbonyl (C=O) groups excluding carboxylic acids is 1. The van der Waals surface area contributed by atoms with E-state index in [4.69, 9.17) is 21.9 Å². The van der Waals surface area contributed by atoms with Crippen LogP contribution in [-0.4, -0.2) is 34.5 Å². The molecule has 0 bridgehead atoms. The van der Waals surface area contributed by atoms with Crippen molar-refractivity contribution in [3.05, 3.63) is 80.9 Å². The third-order valence-electron chi connectivity index (χ3n) is 4.77. The van der Waals surface area contributed by atoms with Gasteiger partial charge in [0, 0.05) is 15.6 Å². The van der Waals surface area contributed by atoms with E-state index < -0.39 is 17.4 Å². The molecule has 0 amide bonds. The van der Waals surface area contributed by atoms with Gasteiger partial charge >= 0.3 is 5.97 Å². The number of hydrogen-bond acceptors (Lipinski definition) is 10. The largest absolute Gasteiger partial charge is 0.465 e. The van der Waals surface area contributed by atoms with Crippen LogP contribution in [-0.2, 0) is 10.5 Å². The molecule has 32 heavy (non-hydrogen) atoms. The first-order chi connectivity index (χ1) is 15.3. The van der Waals surface area contributed by atoms with Crippen molar-refractivity contribution >= 4 is 35.3 Å². The summed E-state index contributed by atoms with van der Waals surface area (Å²) >= 11 is 1.59. The quantitative estimate of drug-likeness (QED) is 0.199. The molecule has 1 heterocycles. The van der Waals surface area contributed by atoms with Gasteiger partial charge in [0.25, 0.3) is 0 Å². The maximum Gasteiger partial charge on any atom is 0.337 e. The van der Waals surface area contributed by atoms with Gasteiger partial charge in [-0.05, 0) is 35.4 Å². The topological polar surface area (TPSA) is 173 Å². The first kappa shape index (κ1) is 22.8. The number of anilines is 3. The van der Waals surface area contributed by atoms with Gasteiger partial charge in [-0.15, -0.1) is 11.8 Å². The molecule has 0 fully saturated rings. The van der Waals surface area contributed by atoms with Gasteiger partial charge in [0.2, 0.25) is 12.5 Å². The monoisotopic (exact) mass is 454 g/mol. The first-order valence-electron chi connectivity index (χ1n) is 9.48. The number of nitrogens with two attached hydrogens (primary N) is 3. The molecule has 3 aromatic rings. The van der Waals surface area contributed by atoms with Crippen LogP contribution in [0, 0.1) is 10.1 Å². The third kappa shape index (κ3) is 5.43. The lowest BCUT2D eigenvalue weighted by atomic mass is 9.91. The number of carbonyl (C=O) groups is 1. The second-order valence-corrected chi connectivity index (χ2v) is 7.93. The Bertz CT molecular complexity index is 1100. The van der Waals surface area contributed by atoms with Gasteiger partial charge in [0.15, 0.2) is 0 Å². The molecule has 6 N–H and O–H groups in total. The van der Waals surface area contributed by atoms with E-state index in [0.29, 0.717) is 22.4 Å². The molecular formula is C21H22N6O4S. The van der Waals surface area contributed by atoms with Crippen LogP contribution >= 0.6 is 11.8 Å². The van der Waals surface area contributed by atoms with Crippen molar-refractivity contribution in [3.8, 4) is 0 Å². The molecule has 0 spiro atoms. The second-order valence-electron chi connectivity index (χ2n) is 6.88. The average Bonchev–Trinajstić information content (AvgIpc) is 2.76. The molecule has 2 aromatic carbocycles. The molecular weight excluding hydrogens is 432 g/mol. The van der Waals surface area contributed by atoms with Crippen molar-refractivity contribution in [1.29, 1.82) is 0 Å². The van der Waals surface area contributed by atoms with Crippen molar-refractivity contribution < 1.29 is 14.5 Å². The third-order valence-corrected chi connectivity index (χ3v) is 5.85. The molecule has 166 valence electrons. The zero-order valence-electron chi connectivity index (χ0n) is 17.2. The molecule has 0 saturated heterocycles. The Morgan fingerprint density at radius 2 is 1.66 bits per heavy atom. The molecule has 0 saturated carbocycles. The number of methoxy groups -OCH3 is 1. The summed E-state index contributed by atoms with van der Waals surface area (Å²) in [6.45, 7) is -0.416. The molecule has 3 rings (SSSR count). The lowest BCUT2D eigenvalue weighted by Gasteiger charge is -2.17. The standard InChI is InChI=1S/C21H22N6O4S/c1-31-20(28)14-4-2-12(3-5-14)11-32-15-8-6-13(7-9-15)16(10-27(29)30)17-18(22)25-21(24)26-19(17)23/h2-9,16H,10-11H2,1H3,(H6,22,23,24,25,26). The highest BCUT2D eigenvalue weighted by Gasteiger charge is 2.26. The van der Waals surface area contributed by atoms with Gasteiger partial charge in [0.05, 0.1) is 24.2 Å². The fourth-order valence-electron chi connectivity index (χ4n) is 3.21. The molecule has 1 unspecified atom stereocenters. The van der Waals surface area contributed by atoms with Gasteiger partial charge in [-0.3, -0.25) is 10.1 Å². The summed E-state index contributed by atoms with van der Waals surface area (Å²) in [5.74, 6) is -0.445. The fraction of sp³-hybridized carbons (Fsp3) is 0.190. The summed E-state index contributed by atoms with van der Waals surface area (Å²) in [6.07, 6.45) is 0. The van der Waals surface area contributed by atoms with Crippen LogP contribution in [0.4, 0.5) is 17.6 Å². The number of benzene rings is 2. The smallest absolute Gasteiger partial charge is 0.337 e. The van der Waals surface area contributed by atoms with E-state index >= 15 is 0 Å². The highest BCUT2D eigenvalue weighted by Crippen LogP contribution is 2.34. The Morgan fingerprint density at radius 1 is 1.06 bits per heavy atom. The highest BCUT2D eigenvalue weighted by atomic mass is 32.2. The summed E-state index contributed by atoms with van der Waals surface area (Å²) in [5.41, 5.74) is 20.0. The second kappa shape index (κ2) is 9.96. The zero-order valence-corrected chi connectivity index (χ0v) is 18.0. The van der Waals surface area contributed by atoms with Gasteiger partial charge in [-0.1, -0.05) is 24.3 Å². The van der Waals surface area contributed by atoms with Crippen LogP contribution in [0.3, 0.4) is 0 Å². The van der Waals surface area contributed by atoms with Crippen molar-refractivity contribution in [3.63, 3.8) is 0 Å². The predicted octanol–water partition coefficient (Wildman–Crippen LogP) is 2.71. The molecule has 0 aliphatic rings. The number of nitrogen functional groups attached to an aromatic ring is 3. The van der Waals surface area contributed by atoms with Crippen LogP contribution in [0.1, 0.15) is 33.0 Å². The van der Waals surface area contributed by atoms with Crippen LogP contribution in [0.2, 0.25) is 0 Å². The van der Waals surface area contributed by atoms with Crippen molar-refractivity contribution in [2.75, 3.05) is 30.9 Å². The zero-order chi connectivity index (χ0) is 23.3. The summed E-state index contributed by atoms with van der Waals surface area (Å²) in [6, 6.07) is 14.5. The van der Waals surface area contributed by atoms with Gasteiger partial charge in [-0.25, -0.2) is 4.79 Å². The van der Waals surface area contributed by atoms with Crippen LogP contribution < -0.4 is 17.2 Å². The van der Waals surface area contributed by atoms with E-state index in [-0.39, 0.29) is 23.6 Å². The lowest BCUT2D eigenvalue weighted by Crippen LogP contribution is -2.19. The minimum atomic E-state index is -0.712. The molecule has 0 radical (unpaired) electrons. The number of esters is 1. The van der Waals surface area contributed by atoms with Gasteiger partial charge in [-0.2, -0.15) is 9.97 Å². The summed E-state index contributed by atoms with van der Waals surface area (Å²) in [7, 11) is 1.34. The Hall–Kier alpha value is -3.86. The maximum absolute atomic E-state index is 11.5. The Balaban J connectivity index is 1.76. The predicted molar refractivity (Wildman–Crippen MR) is 123 cm³/mol. The minimum absolute atomic E-state index is 0.0238. The van der Waals surface area contributed by atoms with Crippen molar-refractivity contribution in [1.82, 2.24) is 9.97 Å². The molecule has 0 aliphatic heterocycles. The maximum atomic E-state index is 11.5. The SMILES string of the molecule is COC(=O)c1ccc(CSc2ccc(C(C[N+](=O)[O-])c3c(N)nc(N)nc3N)cc2)cc1. The number of nitro groups is 1. The minimum Gasteiger partial charge on any atom is -0.465 e. The number of ether oxygens (including phenoxy) is 1. The lowest BCUT2D eigenvalue weighted by molar-refractivity contribution is -0.481. The van der Waals surface area contributed by atoms with Crippen LogP contribution in [0.15, 0.2) is 53.4 Å². The van der Waals surface area contributed by atoms with E-state index in [1.165, 1.54) is 7.11 Å². The normalized spacial score (nSPS) is 11.7. The number of nitrogens with zero attached hydrogens (tertiary/aromatic N) is 3. The van der Waals surface area contributed by atoms with Crippen molar-refractivity contribution in [2.45, 2.75) is 16.6 Å². The van der Waals surface area contributed by atoms with Gasteiger partial charge in [0.1, 0.15) is 11.6 Å². The Labute approximate surface area is 188 Å². The van der Waals surface area contributed by atoms with E-state index in [0.717, 1.165) is 10.5 Å². The summed E-state index contributed by atoms with van der Waals surface area (Å²) in [5, 5.41) is 11.3. The summed E-state index contributed by atoms with van der Waals surface area (Å²) < 4.78 is 4.70. The van der Waals surface area contributed by atoms with Crippen LogP contribution in [0.25, 0.3) is 0 Å². The Kier molecular flexibility index (Phi) is 7.11.